The van der Waals surface area contributed by atoms with Crippen molar-refractivity contribution in [2.45, 2.75) is 77.1 Å². The van der Waals surface area contributed by atoms with E-state index in [-0.39, 0.29) is 24.5 Å². The average molecular weight is 373 g/mol. The van der Waals surface area contributed by atoms with Crippen LogP contribution in [0.4, 0.5) is 0 Å². The van der Waals surface area contributed by atoms with E-state index in [4.69, 9.17) is 4.74 Å². The standard InChI is InChI=1S/C22H32N2O3/c1-4-17(3)23-21(26)19-15-27-22(12-8-9-16(2)14-22)24(19)20(25)13-18-10-6-5-7-11-18/h5-7,10-11,16-17,19H,4,8-9,12-15H2,1-3H3,(H,23,26)/t16-,17+,19-,22-/m0/s1. The Morgan fingerprint density at radius 3 is 2.74 bits per heavy atom. The molecule has 1 aromatic carbocycles. The van der Waals surface area contributed by atoms with Crippen molar-refractivity contribution in [2.75, 3.05) is 6.61 Å². The zero-order valence-corrected chi connectivity index (χ0v) is 16.7. The molecule has 1 saturated heterocycles. The minimum atomic E-state index is -0.624. The second-order valence-electron chi connectivity index (χ2n) is 8.22. The molecule has 1 saturated carbocycles. The summed E-state index contributed by atoms with van der Waals surface area (Å²) in [6.07, 6.45) is 4.95. The molecular formula is C22H32N2O3. The zero-order valence-electron chi connectivity index (χ0n) is 16.7. The number of benzene rings is 1. The molecule has 5 nitrogen and oxygen atoms in total. The van der Waals surface area contributed by atoms with Crippen LogP contribution in [0.15, 0.2) is 30.3 Å². The Kier molecular flexibility index (Phi) is 6.20. The summed E-state index contributed by atoms with van der Waals surface area (Å²) in [5.41, 5.74) is 0.343. The van der Waals surface area contributed by atoms with E-state index in [1.54, 1.807) is 4.90 Å². The Hall–Kier alpha value is -1.88. The van der Waals surface area contributed by atoms with E-state index in [1.165, 1.54) is 0 Å². The van der Waals surface area contributed by atoms with Crippen LogP contribution in [0.25, 0.3) is 0 Å². The van der Waals surface area contributed by atoms with Crippen LogP contribution in [0.1, 0.15) is 58.4 Å². The molecule has 0 unspecified atom stereocenters. The molecule has 27 heavy (non-hydrogen) atoms. The molecule has 3 rings (SSSR count). The van der Waals surface area contributed by atoms with E-state index >= 15 is 0 Å². The molecule has 0 aromatic heterocycles. The fourth-order valence-electron chi connectivity index (χ4n) is 4.38. The highest BCUT2D eigenvalue weighted by Gasteiger charge is 2.53. The molecule has 1 aliphatic heterocycles. The minimum Gasteiger partial charge on any atom is -0.353 e. The van der Waals surface area contributed by atoms with Crippen molar-refractivity contribution in [3.63, 3.8) is 0 Å². The van der Waals surface area contributed by atoms with E-state index in [1.807, 2.05) is 44.2 Å². The maximum atomic E-state index is 13.3. The number of rotatable bonds is 5. The van der Waals surface area contributed by atoms with Gasteiger partial charge in [-0.1, -0.05) is 50.6 Å². The summed E-state index contributed by atoms with van der Waals surface area (Å²) >= 11 is 0. The fraction of sp³-hybridized carbons (Fsp3) is 0.636. The minimum absolute atomic E-state index is 0.0166. The van der Waals surface area contributed by atoms with Gasteiger partial charge in [-0.2, -0.15) is 0 Å². The lowest BCUT2D eigenvalue weighted by Crippen LogP contribution is -2.58. The van der Waals surface area contributed by atoms with Gasteiger partial charge in [0.2, 0.25) is 11.8 Å². The van der Waals surface area contributed by atoms with Crippen molar-refractivity contribution < 1.29 is 14.3 Å². The van der Waals surface area contributed by atoms with Gasteiger partial charge in [-0.15, -0.1) is 0 Å². The van der Waals surface area contributed by atoms with Crippen molar-refractivity contribution in [1.29, 1.82) is 0 Å². The molecule has 2 aliphatic rings. The van der Waals surface area contributed by atoms with Crippen LogP contribution in [-0.2, 0) is 20.7 Å². The van der Waals surface area contributed by atoms with Gasteiger partial charge in [-0.3, -0.25) is 14.5 Å². The Morgan fingerprint density at radius 2 is 2.07 bits per heavy atom. The third-order valence-corrected chi connectivity index (χ3v) is 5.96. The highest BCUT2D eigenvalue weighted by Crippen LogP contribution is 2.43. The van der Waals surface area contributed by atoms with Gasteiger partial charge in [0, 0.05) is 6.04 Å². The zero-order chi connectivity index (χ0) is 19.4. The molecule has 1 aromatic rings. The summed E-state index contributed by atoms with van der Waals surface area (Å²) < 4.78 is 6.22. The molecule has 2 amide bonds. The molecule has 1 aliphatic carbocycles. The van der Waals surface area contributed by atoms with Gasteiger partial charge in [-0.25, -0.2) is 0 Å². The molecule has 1 spiro atoms. The lowest BCUT2D eigenvalue weighted by atomic mass is 9.83. The first-order valence-corrected chi connectivity index (χ1v) is 10.3. The van der Waals surface area contributed by atoms with Crippen molar-refractivity contribution in [1.82, 2.24) is 10.2 Å². The lowest BCUT2D eigenvalue weighted by molar-refractivity contribution is -0.162. The van der Waals surface area contributed by atoms with Gasteiger partial charge in [0.25, 0.3) is 0 Å². The second-order valence-corrected chi connectivity index (χ2v) is 8.22. The molecule has 2 fully saturated rings. The van der Waals surface area contributed by atoms with E-state index in [0.717, 1.165) is 37.7 Å². The number of amides is 2. The number of carbonyl (C=O) groups excluding carboxylic acids is 2. The average Bonchev–Trinajstić information content (AvgIpc) is 3.00. The third kappa shape index (κ3) is 4.34. The Morgan fingerprint density at radius 1 is 1.33 bits per heavy atom. The fourth-order valence-corrected chi connectivity index (χ4v) is 4.38. The Bertz CT molecular complexity index is 663. The first-order valence-electron chi connectivity index (χ1n) is 10.3. The number of ether oxygens (including phenoxy) is 1. The van der Waals surface area contributed by atoms with E-state index < -0.39 is 11.8 Å². The predicted octanol–water partition coefficient (Wildman–Crippen LogP) is 3.28. The monoisotopic (exact) mass is 372 g/mol. The molecule has 1 N–H and O–H groups in total. The largest absolute Gasteiger partial charge is 0.353 e. The first kappa shape index (κ1) is 19.9. The van der Waals surface area contributed by atoms with Crippen LogP contribution in [0.5, 0.6) is 0 Å². The first-order chi connectivity index (χ1) is 12.9. The van der Waals surface area contributed by atoms with Crippen LogP contribution in [0, 0.1) is 5.92 Å². The molecule has 148 valence electrons. The van der Waals surface area contributed by atoms with Crippen LogP contribution >= 0.6 is 0 Å². The molecule has 0 bridgehead atoms. The van der Waals surface area contributed by atoms with Crippen molar-refractivity contribution in [3.8, 4) is 0 Å². The normalized spacial score (nSPS) is 28.9. The highest BCUT2D eigenvalue weighted by molar-refractivity contribution is 5.89. The number of nitrogens with one attached hydrogen (secondary N) is 1. The quantitative estimate of drug-likeness (QED) is 0.863. The SMILES string of the molecule is CC[C@@H](C)NC(=O)[C@@H]1CO[C@]2(CCC[C@H](C)C2)N1C(=O)Cc1ccccc1. The molecule has 0 radical (unpaired) electrons. The Labute approximate surface area is 162 Å². The summed E-state index contributed by atoms with van der Waals surface area (Å²) in [7, 11) is 0. The van der Waals surface area contributed by atoms with E-state index in [2.05, 4.69) is 12.2 Å². The van der Waals surface area contributed by atoms with Gasteiger partial charge >= 0.3 is 0 Å². The lowest BCUT2D eigenvalue weighted by Gasteiger charge is -2.43. The van der Waals surface area contributed by atoms with Gasteiger partial charge in [0.1, 0.15) is 11.8 Å². The van der Waals surface area contributed by atoms with Crippen LogP contribution in [0.3, 0.4) is 0 Å². The smallest absolute Gasteiger partial charge is 0.245 e. The number of hydrogen-bond donors (Lipinski definition) is 1. The molecular weight excluding hydrogens is 340 g/mol. The van der Waals surface area contributed by atoms with Crippen molar-refractivity contribution in [2.24, 2.45) is 5.92 Å². The second kappa shape index (κ2) is 8.42. The van der Waals surface area contributed by atoms with Gasteiger partial charge in [0.15, 0.2) is 0 Å². The summed E-state index contributed by atoms with van der Waals surface area (Å²) in [6.45, 7) is 6.52. The number of nitrogens with zero attached hydrogens (tertiary/aromatic N) is 1. The Balaban J connectivity index is 1.85. The van der Waals surface area contributed by atoms with Crippen LogP contribution in [0.2, 0.25) is 0 Å². The summed E-state index contributed by atoms with van der Waals surface area (Å²) in [5.74, 6) is 0.375. The summed E-state index contributed by atoms with van der Waals surface area (Å²) in [4.78, 5) is 28.0. The van der Waals surface area contributed by atoms with Crippen molar-refractivity contribution >= 4 is 11.8 Å². The van der Waals surface area contributed by atoms with E-state index in [0.29, 0.717) is 12.3 Å². The maximum absolute atomic E-state index is 13.3. The third-order valence-electron chi connectivity index (χ3n) is 5.96. The molecule has 4 atom stereocenters. The van der Waals surface area contributed by atoms with Crippen molar-refractivity contribution in [3.05, 3.63) is 35.9 Å². The highest BCUT2D eigenvalue weighted by atomic mass is 16.5. The van der Waals surface area contributed by atoms with Crippen LogP contribution < -0.4 is 5.32 Å². The number of hydrogen-bond acceptors (Lipinski definition) is 3. The van der Waals surface area contributed by atoms with Gasteiger partial charge in [-0.05, 0) is 44.1 Å². The number of carbonyl (C=O) groups is 2. The maximum Gasteiger partial charge on any atom is 0.245 e. The summed E-state index contributed by atoms with van der Waals surface area (Å²) in [6, 6.07) is 9.28. The topological polar surface area (TPSA) is 58.6 Å². The molecule has 5 heteroatoms. The van der Waals surface area contributed by atoms with E-state index in [9.17, 15) is 9.59 Å². The van der Waals surface area contributed by atoms with Gasteiger partial charge in [0.05, 0.1) is 13.0 Å². The summed E-state index contributed by atoms with van der Waals surface area (Å²) in [5, 5.41) is 3.04. The predicted molar refractivity (Wildman–Crippen MR) is 105 cm³/mol. The molecule has 1 heterocycles. The van der Waals surface area contributed by atoms with Crippen LogP contribution in [-0.4, -0.2) is 41.1 Å². The van der Waals surface area contributed by atoms with Gasteiger partial charge < -0.3 is 10.1 Å².